The first-order valence-corrected chi connectivity index (χ1v) is 6.48. The standard InChI is InChI=1S/C14H13ClN4O2/c1-9(20)17-11-3-2-4-12(8-11)18-14(21)19-13-7-10(15)5-6-16-13/h2-8H,1H3,(H,17,20)(H2,16,18,19,21). The molecule has 1 aromatic carbocycles. The molecule has 0 unspecified atom stereocenters. The Hall–Kier alpha value is -2.60. The van der Waals surface area contributed by atoms with Gasteiger partial charge in [0, 0.05) is 29.5 Å². The number of carbonyl (C=O) groups excluding carboxylic acids is 2. The van der Waals surface area contributed by atoms with Gasteiger partial charge in [0.05, 0.1) is 0 Å². The summed E-state index contributed by atoms with van der Waals surface area (Å²) in [7, 11) is 0. The van der Waals surface area contributed by atoms with Crippen molar-refractivity contribution >= 4 is 40.7 Å². The number of nitrogens with one attached hydrogen (secondary N) is 3. The van der Waals surface area contributed by atoms with E-state index < -0.39 is 6.03 Å². The van der Waals surface area contributed by atoms with Crippen molar-refractivity contribution in [2.24, 2.45) is 0 Å². The van der Waals surface area contributed by atoms with Crippen LogP contribution in [0.4, 0.5) is 22.0 Å². The van der Waals surface area contributed by atoms with Crippen LogP contribution >= 0.6 is 11.6 Å². The predicted molar refractivity (Wildman–Crippen MR) is 82.6 cm³/mol. The fourth-order valence-electron chi connectivity index (χ4n) is 1.63. The van der Waals surface area contributed by atoms with Gasteiger partial charge in [-0.05, 0) is 30.3 Å². The first-order chi connectivity index (χ1) is 10.0. The molecule has 7 heteroatoms. The maximum atomic E-state index is 11.8. The quantitative estimate of drug-likeness (QED) is 0.813. The van der Waals surface area contributed by atoms with Crippen molar-refractivity contribution in [3.8, 4) is 0 Å². The zero-order valence-electron chi connectivity index (χ0n) is 11.2. The first-order valence-electron chi connectivity index (χ1n) is 6.10. The molecule has 2 rings (SSSR count). The van der Waals surface area contributed by atoms with Crippen LogP contribution in [0.5, 0.6) is 0 Å². The van der Waals surface area contributed by atoms with Crippen LogP contribution < -0.4 is 16.0 Å². The number of pyridine rings is 1. The van der Waals surface area contributed by atoms with Crippen molar-refractivity contribution < 1.29 is 9.59 Å². The third kappa shape index (κ3) is 4.77. The summed E-state index contributed by atoms with van der Waals surface area (Å²) < 4.78 is 0. The Balaban J connectivity index is 2.01. The molecule has 2 aromatic rings. The molecular weight excluding hydrogens is 292 g/mol. The number of nitrogens with zero attached hydrogens (tertiary/aromatic N) is 1. The summed E-state index contributed by atoms with van der Waals surface area (Å²) >= 11 is 5.81. The van der Waals surface area contributed by atoms with Crippen molar-refractivity contribution in [1.29, 1.82) is 0 Å². The molecule has 0 aliphatic heterocycles. The SMILES string of the molecule is CC(=O)Nc1cccc(NC(=O)Nc2cc(Cl)ccn2)c1. The lowest BCUT2D eigenvalue weighted by Gasteiger charge is -2.09. The van der Waals surface area contributed by atoms with Gasteiger partial charge in [0.15, 0.2) is 0 Å². The van der Waals surface area contributed by atoms with E-state index in [9.17, 15) is 9.59 Å². The monoisotopic (exact) mass is 304 g/mol. The Morgan fingerprint density at radius 3 is 2.43 bits per heavy atom. The number of carbonyl (C=O) groups is 2. The van der Waals surface area contributed by atoms with Crippen molar-refractivity contribution in [2.45, 2.75) is 6.92 Å². The van der Waals surface area contributed by atoms with E-state index in [-0.39, 0.29) is 5.91 Å². The molecule has 108 valence electrons. The minimum atomic E-state index is -0.454. The second-order valence-electron chi connectivity index (χ2n) is 4.20. The Morgan fingerprint density at radius 2 is 1.76 bits per heavy atom. The minimum Gasteiger partial charge on any atom is -0.326 e. The van der Waals surface area contributed by atoms with Gasteiger partial charge in [-0.25, -0.2) is 9.78 Å². The molecule has 21 heavy (non-hydrogen) atoms. The van der Waals surface area contributed by atoms with E-state index in [1.165, 1.54) is 19.2 Å². The van der Waals surface area contributed by atoms with E-state index in [4.69, 9.17) is 11.6 Å². The van der Waals surface area contributed by atoms with Crippen LogP contribution in [-0.4, -0.2) is 16.9 Å². The molecule has 0 bridgehead atoms. The van der Waals surface area contributed by atoms with Crippen molar-refractivity contribution in [1.82, 2.24) is 4.98 Å². The topological polar surface area (TPSA) is 83.1 Å². The van der Waals surface area contributed by atoms with Gasteiger partial charge in [-0.2, -0.15) is 0 Å². The van der Waals surface area contributed by atoms with E-state index in [1.807, 2.05) is 0 Å². The molecule has 1 aromatic heterocycles. The predicted octanol–water partition coefficient (Wildman–Crippen LogP) is 3.34. The molecule has 0 saturated heterocycles. The van der Waals surface area contributed by atoms with Crippen LogP contribution in [0.15, 0.2) is 42.6 Å². The number of amides is 3. The third-order valence-corrected chi connectivity index (χ3v) is 2.64. The number of benzene rings is 1. The van der Waals surface area contributed by atoms with E-state index in [2.05, 4.69) is 20.9 Å². The summed E-state index contributed by atoms with van der Waals surface area (Å²) in [6.07, 6.45) is 1.50. The Bertz CT molecular complexity index is 676. The number of hydrogen-bond acceptors (Lipinski definition) is 3. The number of aromatic nitrogens is 1. The summed E-state index contributed by atoms with van der Waals surface area (Å²) in [5.41, 5.74) is 1.14. The molecule has 0 aliphatic carbocycles. The lowest BCUT2D eigenvalue weighted by Crippen LogP contribution is -2.20. The Morgan fingerprint density at radius 1 is 1.05 bits per heavy atom. The third-order valence-electron chi connectivity index (χ3n) is 2.40. The van der Waals surface area contributed by atoms with Gasteiger partial charge in [0.1, 0.15) is 5.82 Å². The van der Waals surface area contributed by atoms with E-state index in [0.29, 0.717) is 22.2 Å². The van der Waals surface area contributed by atoms with Crippen molar-refractivity contribution in [3.05, 3.63) is 47.6 Å². The van der Waals surface area contributed by atoms with Gasteiger partial charge in [-0.15, -0.1) is 0 Å². The van der Waals surface area contributed by atoms with Gasteiger partial charge in [-0.3, -0.25) is 10.1 Å². The normalized spacial score (nSPS) is 9.81. The fourth-order valence-corrected chi connectivity index (χ4v) is 1.79. The van der Waals surface area contributed by atoms with Crippen LogP contribution in [0.2, 0.25) is 5.02 Å². The number of hydrogen-bond donors (Lipinski definition) is 3. The smallest absolute Gasteiger partial charge is 0.324 e. The summed E-state index contributed by atoms with van der Waals surface area (Å²) in [4.78, 5) is 26.8. The van der Waals surface area contributed by atoms with Gasteiger partial charge in [0.2, 0.25) is 5.91 Å². The molecule has 0 fully saturated rings. The molecule has 6 nitrogen and oxygen atoms in total. The maximum absolute atomic E-state index is 11.8. The Kier molecular flexibility index (Phi) is 4.73. The highest BCUT2D eigenvalue weighted by Crippen LogP contribution is 2.16. The van der Waals surface area contributed by atoms with E-state index in [0.717, 1.165) is 0 Å². The summed E-state index contributed by atoms with van der Waals surface area (Å²) in [6, 6.07) is 9.49. The van der Waals surface area contributed by atoms with Crippen molar-refractivity contribution in [3.63, 3.8) is 0 Å². The van der Waals surface area contributed by atoms with E-state index in [1.54, 1.807) is 30.3 Å². The van der Waals surface area contributed by atoms with Crippen LogP contribution in [0, 0.1) is 0 Å². The summed E-state index contributed by atoms with van der Waals surface area (Å²) in [6.45, 7) is 1.41. The minimum absolute atomic E-state index is 0.181. The number of urea groups is 1. The number of rotatable bonds is 3. The first kappa shape index (κ1) is 14.8. The lowest BCUT2D eigenvalue weighted by molar-refractivity contribution is -0.114. The molecule has 0 atom stereocenters. The molecule has 0 aliphatic rings. The molecule has 0 radical (unpaired) electrons. The highest BCUT2D eigenvalue weighted by atomic mass is 35.5. The number of halogens is 1. The van der Waals surface area contributed by atoms with E-state index >= 15 is 0 Å². The highest BCUT2D eigenvalue weighted by Gasteiger charge is 2.05. The maximum Gasteiger partial charge on any atom is 0.324 e. The molecule has 0 spiro atoms. The van der Waals surface area contributed by atoms with Crippen LogP contribution in [0.1, 0.15) is 6.92 Å². The van der Waals surface area contributed by atoms with Crippen LogP contribution in [0.25, 0.3) is 0 Å². The second-order valence-corrected chi connectivity index (χ2v) is 4.64. The molecule has 1 heterocycles. The average Bonchev–Trinajstić information content (AvgIpc) is 2.37. The van der Waals surface area contributed by atoms with Gasteiger partial charge in [-0.1, -0.05) is 17.7 Å². The molecule has 0 saturated carbocycles. The summed E-state index contributed by atoms with van der Waals surface area (Å²) in [5.74, 6) is 0.165. The summed E-state index contributed by atoms with van der Waals surface area (Å²) in [5, 5.41) is 8.31. The number of anilines is 3. The van der Waals surface area contributed by atoms with Crippen LogP contribution in [-0.2, 0) is 4.79 Å². The average molecular weight is 305 g/mol. The Labute approximate surface area is 126 Å². The van der Waals surface area contributed by atoms with Crippen LogP contribution in [0.3, 0.4) is 0 Å². The lowest BCUT2D eigenvalue weighted by atomic mass is 10.3. The zero-order chi connectivity index (χ0) is 15.2. The van der Waals surface area contributed by atoms with Gasteiger partial charge >= 0.3 is 6.03 Å². The molecule has 3 amide bonds. The molecular formula is C14H13ClN4O2. The largest absolute Gasteiger partial charge is 0.326 e. The van der Waals surface area contributed by atoms with Gasteiger partial charge < -0.3 is 10.6 Å². The van der Waals surface area contributed by atoms with Gasteiger partial charge in [0.25, 0.3) is 0 Å². The second kappa shape index (κ2) is 6.71. The highest BCUT2D eigenvalue weighted by molar-refractivity contribution is 6.30. The fraction of sp³-hybridized carbons (Fsp3) is 0.0714. The van der Waals surface area contributed by atoms with Crippen molar-refractivity contribution in [2.75, 3.05) is 16.0 Å². The zero-order valence-corrected chi connectivity index (χ0v) is 11.9. The molecule has 3 N–H and O–H groups in total.